The van der Waals surface area contributed by atoms with Crippen LogP contribution >= 0.6 is 0 Å². The largest absolute Gasteiger partial charge is 0.383 e. The Balaban J connectivity index is 1.03. The summed E-state index contributed by atoms with van der Waals surface area (Å²) in [6.07, 6.45) is 6.44. The van der Waals surface area contributed by atoms with Crippen LogP contribution in [0.3, 0.4) is 0 Å². The summed E-state index contributed by atoms with van der Waals surface area (Å²) >= 11 is 0. The summed E-state index contributed by atoms with van der Waals surface area (Å²) in [5.74, 6) is 1.16. The topological polar surface area (TPSA) is 152 Å². The van der Waals surface area contributed by atoms with Gasteiger partial charge in [-0.1, -0.05) is 6.07 Å². The number of aromatic nitrogens is 3. The van der Waals surface area contributed by atoms with Crippen molar-refractivity contribution in [1.82, 2.24) is 24.6 Å². The maximum absolute atomic E-state index is 13.9. The number of benzene rings is 1. The minimum absolute atomic E-state index is 0.0602. The molecular weight excluding hydrogens is 606 g/mol. The summed E-state index contributed by atoms with van der Waals surface area (Å²) in [4.78, 5) is 48.2. The van der Waals surface area contributed by atoms with E-state index in [4.69, 9.17) is 16.1 Å². The van der Waals surface area contributed by atoms with Gasteiger partial charge in [-0.3, -0.25) is 34.5 Å². The van der Waals surface area contributed by atoms with E-state index in [0.29, 0.717) is 67.9 Å². The number of carbonyl (C=O) groups excluding carboxylic acids is 2. The first-order chi connectivity index (χ1) is 23.1. The molecule has 3 aliphatic rings. The number of likely N-dealkylation sites (tertiary alicyclic amines) is 1. The van der Waals surface area contributed by atoms with Crippen LogP contribution in [0, 0.1) is 17.7 Å². The van der Waals surface area contributed by atoms with Gasteiger partial charge in [0, 0.05) is 75.4 Å². The van der Waals surface area contributed by atoms with Crippen molar-refractivity contribution in [3.63, 3.8) is 0 Å². The smallest absolute Gasteiger partial charge is 0.236 e. The molecule has 0 radical (unpaired) electrons. The van der Waals surface area contributed by atoms with Crippen LogP contribution in [-0.2, 0) is 9.59 Å². The first-order valence-corrected chi connectivity index (χ1v) is 16.6. The molecule has 0 aliphatic carbocycles. The number of piperazine rings is 1. The Kier molecular flexibility index (Phi) is 9.40. The fourth-order valence-electron chi connectivity index (χ4n) is 6.86. The highest BCUT2D eigenvalue weighted by molar-refractivity contribution is 6.10. The number of anilines is 2. The molecule has 3 fully saturated rings. The van der Waals surface area contributed by atoms with Crippen LogP contribution < -0.4 is 15.5 Å². The molecule has 13 nitrogen and oxygen atoms in total. The highest BCUT2D eigenvalue weighted by Crippen LogP contribution is 2.42. The zero-order valence-electron chi connectivity index (χ0n) is 28.3. The molecule has 1 aromatic carbocycles. The second-order valence-electron chi connectivity index (χ2n) is 13.3. The molecule has 3 N–H and O–H groups in total. The molecule has 3 aliphatic heterocycles. The zero-order chi connectivity index (χ0) is 34.0. The van der Waals surface area contributed by atoms with Crippen LogP contribution in [-0.4, -0.2) is 114 Å². The molecular formula is C35H45N11O2. The number of aliphatic imine (C=N–C) groups is 2. The number of nitrogens with zero attached hydrogens (tertiary/aromatic N) is 9. The number of aryl methyl sites for hydroxylation is 1. The lowest BCUT2D eigenvalue weighted by Crippen LogP contribution is -2.51. The lowest BCUT2D eigenvalue weighted by atomic mass is 9.85. The number of hydrogen-bond donors (Lipinski definition) is 2. The van der Waals surface area contributed by atoms with Crippen molar-refractivity contribution in [3.05, 3.63) is 71.2 Å². The number of nitrogens with two attached hydrogens (primary N) is 1. The normalized spacial score (nSPS) is 20.6. The molecule has 0 unspecified atom stereocenters. The van der Waals surface area contributed by atoms with Crippen LogP contribution in [0.4, 0.5) is 11.5 Å². The Bertz CT molecular complexity index is 1740. The third-order valence-electron chi connectivity index (χ3n) is 9.79. The molecule has 13 heteroatoms. The minimum atomic E-state index is -0.513. The SMILES string of the molecule is CN=CN=C(N)c1ccc(N2CCN(C(=O)CN3CC[C@]4(CCN(c5ccc(C)c(C(=N)c6cnn(C(C)C)c6)n5)C4=O)C3)CC2)cc1. The molecule has 6 rings (SSSR count). The Morgan fingerprint density at radius 3 is 2.46 bits per heavy atom. The van der Waals surface area contributed by atoms with Gasteiger partial charge >= 0.3 is 0 Å². The average molecular weight is 652 g/mol. The van der Waals surface area contributed by atoms with E-state index in [2.05, 4.69) is 24.9 Å². The minimum Gasteiger partial charge on any atom is -0.383 e. The quantitative estimate of drug-likeness (QED) is 0.267. The molecule has 252 valence electrons. The van der Waals surface area contributed by atoms with Gasteiger partial charge in [-0.2, -0.15) is 5.10 Å². The zero-order valence-corrected chi connectivity index (χ0v) is 28.3. The number of pyridine rings is 1. The van der Waals surface area contributed by atoms with E-state index in [-0.39, 0.29) is 17.9 Å². The molecule has 48 heavy (non-hydrogen) atoms. The molecule has 3 saturated heterocycles. The van der Waals surface area contributed by atoms with Gasteiger partial charge in [-0.25, -0.2) is 9.98 Å². The van der Waals surface area contributed by atoms with Crippen LogP contribution in [0.1, 0.15) is 55.1 Å². The molecule has 1 atom stereocenters. The van der Waals surface area contributed by atoms with E-state index >= 15 is 0 Å². The van der Waals surface area contributed by atoms with E-state index in [1.165, 1.54) is 6.34 Å². The van der Waals surface area contributed by atoms with Gasteiger partial charge in [0.1, 0.15) is 18.0 Å². The fraction of sp³-hybridized carbons (Fsp3) is 0.457. The first-order valence-electron chi connectivity index (χ1n) is 16.6. The van der Waals surface area contributed by atoms with Gasteiger partial charge in [-0.05, 0) is 76.1 Å². The Morgan fingerprint density at radius 2 is 1.77 bits per heavy atom. The van der Waals surface area contributed by atoms with Crippen LogP contribution in [0.15, 0.2) is 58.8 Å². The third kappa shape index (κ3) is 6.59. The number of amides is 2. The summed E-state index contributed by atoms with van der Waals surface area (Å²) in [6, 6.07) is 12.0. The molecule has 5 heterocycles. The number of amidine groups is 1. The van der Waals surface area contributed by atoms with Crippen LogP contribution in [0.5, 0.6) is 0 Å². The van der Waals surface area contributed by atoms with Crippen molar-refractivity contribution in [2.75, 3.05) is 69.2 Å². The molecule has 0 bridgehead atoms. The van der Waals surface area contributed by atoms with Crippen molar-refractivity contribution in [2.45, 2.75) is 39.7 Å². The second kappa shape index (κ2) is 13.7. The number of hydrogen-bond acceptors (Lipinski definition) is 8. The fourth-order valence-corrected chi connectivity index (χ4v) is 6.86. The number of rotatable bonds is 9. The molecule has 3 aromatic rings. The van der Waals surface area contributed by atoms with Gasteiger partial charge in [0.05, 0.1) is 29.6 Å². The summed E-state index contributed by atoms with van der Waals surface area (Å²) in [6.45, 7) is 11.0. The number of carbonyl (C=O) groups is 2. The molecule has 2 amide bonds. The van der Waals surface area contributed by atoms with Crippen molar-refractivity contribution >= 4 is 41.2 Å². The Hall–Kier alpha value is -4.91. The van der Waals surface area contributed by atoms with Gasteiger partial charge in [0.15, 0.2) is 0 Å². The van der Waals surface area contributed by atoms with Crippen molar-refractivity contribution < 1.29 is 9.59 Å². The third-order valence-corrected chi connectivity index (χ3v) is 9.79. The molecule has 0 saturated carbocycles. The molecule has 1 spiro atoms. The van der Waals surface area contributed by atoms with Gasteiger partial charge in [0.25, 0.3) is 0 Å². The van der Waals surface area contributed by atoms with Crippen LogP contribution in [0.25, 0.3) is 0 Å². The maximum atomic E-state index is 13.9. The van der Waals surface area contributed by atoms with E-state index in [9.17, 15) is 9.59 Å². The summed E-state index contributed by atoms with van der Waals surface area (Å²) in [5, 5.41) is 13.2. The Morgan fingerprint density at radius 1 is 1.04 bits per heavy atom. The lowest BCUT2D eigenvalue weighted by molar-refractivity contribution is -0.133. The van der Waals surface area contributed by atoms with E-state index < -0.39 is 5.41 Å². The van der Waals surface area contributed by atoms with Crippen molar-refractivity contribution in [3.8, 4) is 0 Å². The second-order valence-corrected chi connectivity index (χ2v) is 13.3. The highest BCUT2D eigenvalue weighted by atomic mass is 16.2. The van der Waals surface area contributed by atoms with Gasteiger partial charge in [0.2, 0.25) is 11.8 Å². The lowest BCUT2D eigenvalue weighted by Gasteiger charge is -2.37. The van der Waals surface area contributed by atoms with Gasteiger partial charge in [-0.15, -0.1) is 0 Å². The summed E-state index contributed by atoms with van der Waals surface area (Å²) < 4.78 is 1.83. The Labute approximate surface area is 281 Å². The highest BCUT2D eigenvalue weighted by Gasteiger charge is 2.51. The van der Waals surface area contributed by atoms with E-state index in [1.807, 2.05) is 72.9 Å². The predicted molar refractivity (Wildman–Crippen MR) is 188 cm³/mol. The molecule has 2 aromatic heterocycles. The van der Waals surface area contributed by atoms with Crippen LogP contribution in [0.2, 0.25) is 0 Å². The van der Waals surface area contributed by atoms with Gasteiger partial charge < -0.3 is 15.5 Å². The summed E-state index contributed by atoms with van der Waals surface area (Å²) in [7, 11) is 1.65. The number of nitrogens with one attached hydrogen (secondary N) is 1. The van der Waals surface area contributed by atoms with E-state index in [1.54, 1.807) is 18.1 Å². The first kappa shape index (κ1) is 33.0. The maximum Gasteiger partial charge on any atom is 0.236 e. The average Bonchev–Trinajstić information content (AvgIpc) is 3.83. The van der Waals surface area contributed by atoms with Crippen molar-refractivity contribution in [2.24, 2.45) is 21.1 Å². The van der Waals surface area contributed by atoms with Crippen molar-refractivity contribution in [1.29, 1.82) is 5.41 Å². The standard InChI is InChI=1S/C35H45N11O2/c1-24(2)46-20-27(19-40-46)31(36)32-25(3)5-10-29(41-32)45-14-12-35(34(45)48)11-13-42(22-35)21-30(47)44-17-15-43(16-18-44)28-8-6-26(7-9-28)33(37)39-23-38-4/h5-10,19-20,23-24,36H,11-18,21-22H2,1-4H3,(H2,37,38,39)/t35-/m0/s1. The summed E-state index contributed by atoms with van der Waals surface area (Å²) in [5.41, 5.74) is 9.85. The predicted octanol–water partition coefficient (Wildman–Crippen LogP) is 2.72. The van der Waals surface area contributed by atoms with E-state index in [0.717, 1.165) is 42.7 Å². The monoisotopic (exact) mass is 651 g/mol.